The Morgan fingerprint density at radius 2 is 2.12 bits per heavy atom. The number of carbonyl (C=O) groups excluding carboxylic acids is 3. The first kappa shape index (κ1) is 18.3. The minimum absolute atomic E-state index is 0.0498. The van der Waals surface area contributed by atoms with Crippen molar-refractivity contribution < 1.29 is 19.1 Å². The third-order valence-corrected chi connectivity index (χ3v) is 4.64. The summed E-state index contributed by atoms with van der Waals surface area (Å²) in [6.07, 6.45) is 1.84. The van der Waals surface area contributed by atoms with Crippen LogP contribution in [0.2, 0.25) is 0 Å². The fourth-order valence-electron chi connectivity index (χ4n) is 2.47. The zero-order valence-electron chi connectivity index (χ0n) is 13.9. The van der Waals surface area contributed by atoms with Crippen LogP contribution >= 0.6 is 11.8 Å². The van der Waals surface area contributed by atoms with Crippen LogP contribution in [0.4, 0.5) is 5.69 Å². The molecular formula is C17H22N2O4S. The molecule has 0 fully saturated rings. The number of thioether (sulfide) groups is 1. The second kappa shape index (κ2) is 8.73. The number of ether oxygens (including phenoxy) is 1. The molecule has 7 heteroatoms. The van der Waals surface area contributed by atoms with Crippen molar-refractivity contribution in [3.63, 3.8) is 0 Å². The molecule has 2 rings (SSSR count). The van der Waals surface area contributed by atoms with Gasteiger partial charge in [0.15, 0.2) is 6.61 Å². The Morgan fingerprint density at radius 1 is 1.38 bits per heavy atom. The summed E-state index contributed by atoms with van der Waals surface area (Å²) in [5, 5.41) is 2.76. The number of hydrogen-bond acceptors (Lipinski definition) is 5. The van der Waals surface area contributed by atoms with E-state index in [9.17, 15) is 14.4 Å². The van der Waals surface area contributed by atoms with Gasteiger partial charge in [-0.15, -0.1) is 11.8 Å². The number of esters is 1. The van der Waals surface area contributed by atoms with Crippen LogP contribution in [0, 0.1) is 0 Å². The van der Waals surface area contributed by atoms with Crippen molar-refractivity contribution >= 4 is 35.2 Å². The molecule has 0 aromatic heterocycles. The van der Waals surface area contributed by atoms with Crippen molar-refractivity contribution in [3.05, 3.63) is 24.3 Å². The maximum atomic E-state index is 12.1. The first-order valence-corrected chi connectivity index (χ1v) is 8.97. The predicted octanol–water partition coefficient (Wildman–Crippen LogP) is 1.97. The average Bonchev–Trinajstić information content (AvgIpc) is 2.56. The van der Waals surface area contributed by atoms with E-state index >= 15 is 0 Å². The molecule has 24 heavy (non-hydrogen) atoms. The molecule has 0 saturated carbocycles. The molecule has 1 N–H and O–H groups in total. The molecule has 1 unspecified atom stereocenters. The highest BCUT2D eigenvalue weighted by Crippen LogP contribution is 2.34. The Morgan fingerprint density at radius 3 is 2.88 bits per heavy atom. The minimum Gasteiger partial charge on any atom is -0.454 e. The van der Waals surface area contributed by atoms with Gasteiger partial charge in [-0.2, -0.15) is 0 Å². The van der Waals surface area contributed by atoms with Gasteiger partial charge in [0.05, 0.1) is 11.4 Å². The number of benzene rings is 1. The second-order valence-electron chi connectivity index (χ2n) is 5.65. The summed E-state index contributed by atoms with van der Waals surface area (Å²) in [7, 11) is 0. The summed E-state index contributed by atoms with van der Waals surface area (Å²) in [5.74, 6) is -0.774. The van der Waals surface area contributed by atoms with E-state index in [0.29, 0.717) is 11.4 Å². The van der Waals surface area contributed by atoms with E-state index in [1.165, 1.54) is 16.7 Å². The van der Waals surface area contributed by atoms with Crippen LogP contribution in [0.1, 0.15) is 26.7 Å². The summed E-state index contributed by atoms with van der Waals surface area (Å²) >= 11 is 1.45. The molecule has 0 spiro atoms. The largest absolute Gasteiger partial charge is 0.454 e. The maximum Gasteiger partial charge on any atom is 0.326 e. The molecule has 6 nitrogen and oxygen atoms in total. The topological polar surface area (TPSA) is 75.7 Å². The Hall–Kier alpha value is -2.02. The number of carbonyl (C=O) groups is 3. The standard InChI is InChI=1S/C17H22N2O4S/c1-3-6-12(2)18-15(20)10-23-17(22)9-19-13-7-4-5-8-14(13)24-11-16(19)21/h4-5,7-8,12H,3,6,9-11H2,1-2H3,(H,18,20). The first-order chi connectivity index (χ1) is 11.5. The zero-order valence-corrected chi connectivity index (χ0v) is 14.7. The number of nitrogens with zero attached hydrogens (tertiary/aromatic N) is 1. The van der Waals surface area contributed by atoms with Crippen LogP contribution < -0.4 is 10.2 Å². The van der Waals surface area contributed by atoms with Crippen LogP contribution in [0.15, 0.2) is 29.2 Å². The van der Waals surface area contributed by atoms with Gasteiger partial charge in [-0.3, -0.25) is 19.3 Å². The minimum atomic E-state index is -0.594. The number of anilines is 1. The van der Waals surface area contributed by atoms with E-state index in [1.807, 2.05) is 32.0 Å². The fraction of sp³-hybridized carbons (Fsp3) is 0.471. The van der Waals surface area contributed by atoms with Crippen molar-refractivity contribution in [2.75, 3.05) is 23.8 Å². The van der Waals surface area contributed by atoms with Gasteiger partial charge in [0.25, 0.3) is 5.91 Å². The Kier molecular flexibility index (Phi) is 6.66. The Balaban J connectivity index is 1.86. The number of nitrogens with one attached hydrogen (secondary N) is 1. The second-order valence-corrected chi connectivity index (χ2v) is 6.67. The predicted molar refractivity (Wildman–Crippen MR) is 93.0 cm³/mol. The van der Waals surface area contributed by atoms with Gasteiger partial charge in [0.1, 0.15) is 6.54 Å². The van der Waals surface area contributed by atoms with Crippen LogP contribution in [-0.4, -0.2) is 42.7 Å². The number of para-hydroxylation sites is 1. The van der Waals surface area contributed by atoms with E-state index in [0.717, 1.165) is 17.7 Å². The lowest BCUT2D eigenvalue weighted by atomic mass is 10.2. The molecule has 0 radical (unpaired) electrons. The smallest absolute Gasteiger partial charge is 0.326 e. The highest BCUT2D eigenvalue weighted by Gasteiger charge is 2.26. The fourth-order valence-corrected chi connectivity index (χ4v) is 3.41. The van der Waals surface area contributed by atoms with Gasteiger partial charge in [-0.25, -0.2) is 0 Å². The number of hydrogen-bond donors (Lipinski definition) is 1. The van der Waals surface area contributed by atoms with Crippen molar-refractivity contribution in [3.8, 4) is 0 Å². The monoisotopic (exact) mass is 350 g/mol. The highest BCUT2D eigenvalue weighted by atomic mass is 32.2. The number of fused-ring (bicyclic) bond motifs is 1. The molecule has 1 atom stereocenters. The molecule has 2 amide bonds. The third-order valence-electron chi connectivity index (χ3n) is 3.59. The Labute approximate surface area is 145 Å². The van der Waals surface area contributed by atoms with Crippen LogP contribution in [-0.2, 0) is 19.1 Å². The van der Waals surface area contributed by atoms with Crippen LogP contribution in [0.3, 0.4) is 0 Å². The maximum absolute atomic E-state index is 12.1. The summed E-state index contributed by atoms with van der Waals surface area (Å²) in [6.45, 7) is 3.43. The molecule has 1 aliphatic heterocycles. The van der Waals surface area contributed by atoms with E-state index < -0.39 is 5.97 Å². The van der Waals surface area contributed by atoms with Crippen molar-refractivity contribution in [1.82, 2.24) is 5.32 Å². The molecule has 0 aliphatic carbocycles. The number of amides is 2. The summed E-state index contributed by atoms with van der Waals surface area (Å²) < 4.78 is 5.00. The molecule has 1 aromatic carbocycles. The third kappa shape index (κ3) is 4.99. The zero-order chi connectivity index (χ0) is 17.5. The van der Waals surface area contributed by atoms with Crippen molar-refractivity contribution in [1.29, 1.82) is 0 Å². The number of rotatable bonds is 7. The normalized spacial score (nSPS) is 14.8. The van der Waals surface area contributed by atoms with Gasteiger partial charge >= 0.3 is 5.97 Å². The molecule has 130 valence electrons. The van der Waals surface area contributed by atoms with E-state index in [4.69, 9.17) is 4.74 Å². The molecule has 0 bridgehead atoms. The molecule has 1 heterocycles. The van der Waals surface area contributed by atoms with Crippen LogP contribution in [0.5, 0.6) is 0 Å². The summed E-state index contributed by atoms with van der Waals surface area (Å²) in [4.78, 5) is 38.1. The molecule has 1 aromatic rings. The van der Waals surface area contributed by atoms with Crippen molar-refractivity contribution in [2.24, 2.45) is 0 Å². The quantitative estimate of drug-likeness (QED) is 0.761. The first-order valence-electron chi connectivity index (χ1n) is 7.98. The average molecular weight is 350 g/mol. The van der Waals surface area contributed by atoms with E-state index in [1.54, 1.807) is 6.07 Å². The van der Waals surface area contributed by atoms with E-state index in [-0.39, 0.29) is 31.0 Å². The lowest BCUT2D eigenvalue weighted by Crippen LogP contribution is -2.41. The van der Waals surface area contributed by atoms with Gasteiger partial charge in [-0.05, 0) is 25.5 Å². The van der Waals surface area contributed by atoms with Crippen molar-refractivity contribution in [2.45, 2.75) is 37.6 Å². The van der Waals surface area contributed by atoms with Gasteiger partial charge in [0, 0.05) is 10.9 Å². The summed E-state index contributed by atoms with van der Waals surface area (Å²) in [5.41, 5.74) is 0.705. The Bertz CT molecular complexity index is 620. The van der Waals surface area contributed by atoms with Gasteiger partial charge in [0.2, 0.25) is 5.91 Å². The molecule has 0 saturated heterocycles. The van der Waals surface area contributed by atoms with Gasteiger partial charge in [-0.1, -0.05) is 25.5 Å². The summed E-state index contributed by atoms with van der Waals surface area (Å²) in [6, 6.07) is 7.46. The van der Waals surface area contributed by atoms with E-state index in [2.05, 4.69) is 5.32 Å². The lowest BCUT2D eigenvalue weighted by Gasteiger charge is -2.27. The van der Waals surface area contributed by atoms with Gasteiger partial charge < -0.3 is 10.1 Å². The SMILES string of the molecule is CCCC(C)NC(=O)COC(=O)CN1C(=O)CSc2ccccc21. The molecule has 1 aliphatic rings. The lowest BCUT2D eigenvalue weighted by molar-refractivity contribution is -0.147. The highest BCUT2D eigenvalue weighted by molar-refractivity contribution is 8.00. The molecular weight excluding hydrogens is 328 g/mol. The van der Waals surface area contributed by atoms with Crippen LogP contribution in [0.25, 0.3) is 0 Å².